The van der Waals surface area contributed by atoms with Gasteiger partial charge in [0.05, 0.1) is 12.6 Å². The zero-order valence-electron chi connectivity index (χ0n) is 9.87. The number of nitrogens with two attached hydrogens (primary N) is 2. The SMILES string of the molecule is NC(=O)C(O)CNC(=O)C(N)Cc1ccccc1. The lowest BCUT2D eigenvalue weighted by Gasteiger charge is -2.13. The highest BCUT2D eigenvalue weighted by Crippen LogP contribution is 2.01. The van der Waals surface area contributed by atoms with Crippen LogP contribution in [0, 0.1) is 0 Å². The molecule has 0 spiro atoms. The average Bonchev–Trinajstić information content (AvgIpc) is 2.36. The maximum Gasteiger partial charge on any atom is 0.248 e. The van der Waals surface area contributed by atoms with Crippen LogP contribution in [0.2, 0.25) is 0 Å². The Morgan fingerprint density at radius 1 is 1.28 bits per heavy atom. The van der Waals surface area contributed by atoms with E-state index in [-0.39, 0.29) is 6.54 Å². The first-order valence-electron chi connectivity index (χ1n) is 5.55. The van der Waals surface area contributed by atoms with E-state index in [9.17, 15) is 9.59 Å². The molecule has 2 amide bonds. The van der Waals surface area contributed by atoms with Crippen molar-refractivity contribution in [3.63, 3.8) is 0 Å². The second-order valence-electron chi connectivity index (χ2n) is 3.96. The lowest BCUT2D eigenvalue weighted by atomic mass is 10.1. The zero-order chi connectivity index (χ0) is 13.5. The molecule has 0 bridgehead atoms. The van der Waals surface area contributed by atoms with E-state index >= 15 is 0 Å². The molecule has 0 saturated carbocycles. The van der Waals surface area contributed by atoms with Crippen LogP contribution in [0.3, 0.4) is 0 Å². The van der Waals surface area contributed by atoms with Crippen molar-refractivity contribution in [2.45, 2.75) is 18.6 Å². The van der Waals surface area contributed by atoms with Gasteiger partial charge < -0.3 is 21.9 Å². The van der Waals surface area contributed by atoms with E-state index in [1.807, 2.05) is 30.3 Å². The zero-order valence-corrected chi connectivity index (χ0v) is 9.87. The number of nitrogens with one attached hydrogen (secondary N) is 1. The van der Waals surface area contributed by atoms with Crippen LogP contribution in [0.5, 0.6) is 0 Å². The molecule has 6 N–H and O–H groups in total. The number of benzene rings is 1. The summed E-state index contributed by atoms with van der Waals surface area (Å²) in [6.07, 6.45) is -1.00. The van der Waals surface area contributed by atoms with E-state index < -0.39 is 24.0 Å². The van der Waals surface area contributed by atoms with Gasteiger partial charge in [-0.25, -0.2) is 0 Å². The van der Waals surface area contributed by atoms with Crippen LogP contribution < -0.4 is 16.8 Å². The Kier molecular flexibility index (Phi) is 5.29. The first-order valence-corrected chi connectivity index (χ1v) is 5.55. The van der Waals surface area contributed by atoms with Gasteiger partial charge in [-0.05, 0) is 12.0 Å². The summed E-state index contributed by atoms with van der Waals surface area (Å²) in [4.78, 5) is 22.1. The molecule has 2 unspecified atom stereocenters. The van der Waals surface area contributed by atoms with E-state index in [1.165, 1.54) is 0 Å². The fourth-order valence-electron chi connectivity index (χ4n) is 1.39. The van der Waals surface area contributed by atoms with Crippen LogP contribution in [0.15, 0.2) is 30.3 Å². The number of hydrogen-bond donors (Lipinski definition) is 4. The largest absolute Gasteiger partial charge is 0.381 e. The van der Waals surface area contributed by atoms with Crippen molar-refractivity contribution in [2.24, 2.45) is 11.5 Å². The van der Waals surface area contributed by atoms with Crippen molar-refractivity contribution in [3.8, 4) is 0 Å². The molecule has 1 aromatic carbocycles. The number of hydrogen-bond acceptors (Lipinski definition) is 4. The van der Waals surface area contributed by atoms with Gasteiger partial charge in [0.1, 0.15) is 6.10 Å². The molecule has 0 radical (unpaired) electrons. The highest BCUT2D eigenvalue weighted by molar-refractivity contribution is 5.83. The third-order valence-electron chi connectivity index (χ3n) is 2.43. The maximum atomic E-state index is 11.6. The highest BCUT2D eigenvalue weighted by atomic mass is 16.3. The molecule has 0 aliphatic heterocycles. The molecule has 1 rings (SSSR count). The Labute approximate surface area is 105 Å². The third-order valence-corrected chi connectivity index (χ3v) is 2.43. The predicted octanol–water partition coefficient (Wildman–Crippen LogP) is -1.48. The number of carbonyl (C=O) groups excluding carboxylic acids is 2. The molecule has 98 valence electrons. The van der Waals surface area contributed by atoms with E-state index in [0.717, 1.165) is 5.56 Å². The maximum absolute atomic E-state index is 11.6. The normalized spacial score (nSPS) is 13.7. The second-order valence-corrected chi connectivity index (χ2v) is 3.96. The Morgan fingerprint density at radius 3 is 2.44 bits per heavy atom. The van der Waals surface area contributed by atoms with Gasteiger partial charge in [0.25, 0.3) is 0 Å². The molecule has 0 saturated heterocycles. The van der Waals surface area contributed by atoms with E-state index in [1.54, 1.807) is 0 Å². The summed E-state index contributed by atoms with van der Waals surface area (Å²) >= 11 is 0. The summed E-state index contributed by atoms with van der Waals surface area (Å²) in [7, 11) is 0. The van der Waals surface area contributed by atoms with Gasteiger partial charge >= 0.3 is 0 Å². The summed E-state index contributed by atoms with van der Waals surface area (Å²) in [5.41, 5.74) is 11.5. The number of primary amides is 1. The van der Waals surface area contributed by atoms with Crippen molar-refractivity contribution in [3.05, 3.63) is 35.9 Å². The smallest absolute Gasteiger partial charge is 0.248 e. The van der Waals surface area contributed by atoms with Gasteiger partial charge in [0.2, 0.25) is 11.8 Å². The van der Waals surface area contributed by atoms with Gasteiger partial charge in [-0.2, -0.15) is 0 Å². The third kappa shape index (κ3) is 4.52. The van der Waals surface area contributed by atoms with Crippen LogP contribution >= 0.6 is 0 Å². The van der Waals surface area contributed by atoms with Gasteiger partial charge in [0, 0.05) is 0 Å². The standard InChI is InChI=1S/C12H17N3O3/c13-9(6-8-4-2-1-3-5-8)12(18)15-7-10(16)11(14)17/h1-5,9-10,16H,6-7,13H2,(H2,14,17)(H,15,18). The minimum atomic E-state index is -1.39. The molecule has 2 atom stereocenters. The molecule has 1 aromatic rings. The fourth-order valence-corrected chi connectivity index (χ4v) is 1.39. The Hall–Kier alpha value is -1.92. The van der Waals surface area contributed by atoms with Crippen LogP contribution in [-0.2, 0) is 16.0 Å². The van der Waals surface area contributed by atoms with Crippen molar-refractivity contribution in [1.82, 2.24) is 5.32 Å². The van der Waals surface area contributed by atoms with Gasteiger partial charge in [-0.1, -0.05) is 30.3 Å². The molecule has 18 heavy (non-hydrogen) atoms. The molecule has 0 aliphatic rings. The van der Waals surface area contributed by atoms with Crippen LogP contribution in [0.25, 0.3) is 0 Å². The van der Waals surface area contributed by atoms with Crippen molar-refractivity contribution >= 4 is 11.8 Å². The molecule has 0 aromatic heterocycles. The topological polar surface area (TPSA) is 118 Å². The number of aliphatic hydroxyl groups is 1. The number of amides is 2. The summed E-state index contributed by atoms with van der Waals surface area (Å²) in [5, 5.41) is 11.5. The fraction of sp³-hybridized carbons (Fsp3) is 0.333. The Bertz CT molecular complexity index is 408. The van der Waals surface area contributed by atoms with E-state index in [4.69, 9.17) is 16.6 Å². The quantitative estimate of drug-likeness (QED) is 0.493. The summed E-state index contributed by atoms with van der Waals surface area (Å²) < 4.78 is 0. The molecule has 6 nitrogen and oxygen atoms in total. The van der Waals surface area contributed by atoms with Crippen molar-refractivity contribution in [1.29, 1.82) is 0 Å². The molecular formula is C12H17N3O3. The van der Waals surface area contributed by atoms with Crippen LogP contribution in [0.4, 0.5) is 0 Å². The molecule has 0 aliphatic carbocycles. The minimum absolute atomic E-state index is 0.226. The number of aliphatic hydroxyl groups excluding tert-OH is 1. The highest BCUT2D eigenvalue weighted by Gasteiger charge is 2.17. The van der Waals surface area contributed by atoms with Gasteiger partial charge in [-0.3, -0.25) is 9.59 Å². The molecule has 6 heteroatoms. The second kappa shape index (κ2) is 6.73. The number of rotatable bonds is 6. The lowest BCUT2D eigenvalue weighted by molar-refractivity contribution is -0.127. The molecule has 0 heterocycles. The summed E-state index contributed by atoms with van der Waals surface area (Å²) in [6, 6.07) is 8.59. The first kappa shape index (κ1) is 14.1. The summed E-state index contributed by atoms with van der Waals surface area (Å²) in [6.45, 7) is -0.226. The van der Waals surface area contributed by atoms with Crippen LogP contribution in [-0.4, -0.2) is 35.6 Å². The first-order chi connectivity index (χ1) is 8.50. The van der Waals surface area contributed by atoms with E-state index in [0.29, 0.717) is 6.42 Å². The van der Waals surface area contributed by atoms with Crippen molar-refractivity contribution in [2.75, 3.05) is 6.54 Å². The van der Waals surface area contributed by atoms with E-state index in [2.05, 4.69) is 5.32 Å². The Balaban J connectivity index is 2.40. The predicted molar refractivity (Wildman–Crippen MR) is 66.3 cm³/mol. The summed E-state index contributed by atoms with van der Waals surface area (Å²) in [5.74, 6) is -1.31. The minimum Gasteiger partial charge on any atom is -0.381 e. The Morgan fingerprint density at radius 2 is 1.89 bits per heavy atom. The lowest BCUT2D eigenvalue weighted by Crippen LogP contribution is -2.47. The van der Waals surface area contributed by atoms with Gasteiger partial charge in [-0.15, -0.1) is 0 Å². The number of carbonyl (C=O) groups is 2. The van der Waals surface area contributed by atoms with Crippen molar-refractivity contribution < 1.29 is 14.7 Å². The average molecular weight is 251 g/mol. The van der Waals surface area contributed by atoms with Gasteiger partial charge in [0.15, 0.2) is 0 Å². The molecule has 0 fully saturated rings. The monoisotopic (exact) mass is 251 g/mol. The van der Waals surface area contributed by atoms with Crippen LogP contribution in [0.1, 0.15) is 5.56 Å². The molecular weight excluding hydrogens is 234 g/mol.